The Hall–Kier alpha value is -2.20. The smallest absolute Gasteiger partial charge is 0.269 e. The third kappa shape index (κ3) is 2.74. The first-order valence-electron chi connectivity index (χ1n) is 7.04. The van der Waals surface area contributed by atoms with Crippen LogP contribution in [0.25, 0.3) is 0 Å². The van der Waals surface area contributed by atoms with E-state index < -0.39 is 6.10 Å². The molecular weight excluding hydrogens is 302 g/mol. The maximum Gasteiger partial charge on any atom is 0.269 e. The number of rotatable bonds is 2. The summed E-state index contributed by atoms with van der Waals surface area (Å²) < 4.78 is 11.5. The van der Waals surface area contributed by atoms with Crippen LogP contribution in [0.4, 0.5) is 5.69 Å². The van der Waals surface area contributed by atoms with Crippen LogP contribution in [0.2, 0.25) is 5.02 Å². The fourth-order valence-electron chi connectivity index (χ4n) is 2.35. The Labute approximate surface area is 134 Å². The molecule has 0 saturated heterocycles. The molecule has 0 aromatic heterocycles. The fraction of sp³-hybridized carbons (Fsp3) is 0.235. The minimum Gasteiger partial charge on any atom is -0.482 e. The lowest BCUT2D eigenvalue weighted by Gasteiger charge is -2.31. The molecule has 2 atom stereocenters. The van der Waals surface area contributed by atoms with E-state index in [1.807, 2.05) is 32.0 Å². The van der Waals surface area contributed by atoms with Crippen LogP contribution in [0.3, 0.4) is 0 Å². The first-order chi connectivity index (χ1) is 10.6. The van der Waals surface area contributed by atoms with E-state index in [1.54, 1.807) is 24.3 Å². The number of para-hydroxylation sites is 2. The second-order valence-corrected chi connectivity index (χ2v) is 5.62. The molecule has 1 N–H and O–H groups in total. The van der Waals surface area contributed by atoms with Gasteiger partial charge >= 0.3 is 0 Å². The largest absolute Gasteiger partial charge is 0.482 e. The molecule has 0 saturated carbocycles. The fourth-order valence-corrected chi connectivity index (χ4v) is 2.53. The number of carbonyl (C=O) groups is 1. The van der Waals surface area contributed by atoms with Gasteiger partial charge in [0.25, 0.3) is 5.91 Å². The number of amides is 1. The molecule has 1 aliphatic rings. The molecule has 114 valence electrons. The third-order valence-electron chi connectivity index (χ3n) is 3.63. The number of ether oxygens (including phenoxy) is 2. The molecule has 0 aliphatic carbocycles. The highest BCUT2D eigenvalue weighted by atomic mass is 35.5. The molecule has 0 radical (unpaired) electrons. The van der Waals surface area contributed by atoms with E-state index in [1.165, 1.54) is 0 Å². The van der Waals surface area contributed by atoms with Crippen molar-refractivity contribution >= 4 is 23.2 Å². The predicted molar refractivity (Wildman–Crippen MR) is 85.8 cm³/mol. The number of halogens is 1. The van der Waals surface area contributed by atoms with Crippen molar-refractivity contribution in [2.24, 2.45) is 0 Å². The molecule has 3 rings (SSSR count). The van der Waals surface area contributed by atoms with Gasteiger partial charge < -0.3 is 14.8 Å². The summed E-state index contributed by atoms with van der Waals surface area (Å²) in [6, 6.07) is 12.7. The average Bonchev–Trinajstić information content (AvgIpc) is 2.51. The number of hydrogen-bond donors (Lipinski definition) is 1. The molecule has 2 unspecified atom stereocenters. The number of carbonyl (C=O) groups excluding carboxylic acids is 1. The van der Waals surface area contributed by atoms with Gasteiger partial charge in [0.2, 0.25) is 6.10 Å². The van der Waals surface area contributed by atoms with Crippen LogP contribution in [-0.2, 0) is 4.79 Å². The van der Waals surface area contributed by atoms with Crippen LogP contribution in [-0.4, -0.2) is 18.1 Å². The molecule has 2 aromatic carbocycles. The second kappa shape index (κ2) is 5.89. The minimum absolute atomic E-state index is 0.257. The topological polar surface area (TPSA) is 47.6 Å². The quantitative estimate of drug-likeness (QED) is 0.916. The first-order valence-corrected chi connectivity index (χ1v) is 7.42. The van der Waals surface area contributed by atoms with Gasteiger partial charge in [-0.25, -0.2) is 0 Å². The van der Waals surface area contributed by atoms with Gasteiger partial charge in [-0.3, -0.25) is 4.79 Å². The van der Waals surface area contributed by atoms with Gasteiger partial charge in [-0.05, 0) is 43.7 Å². The Balaban J connectivity index is 1.80. The molecular formula is C17H16ClNO3. The summed E-state index contributed by atoms with van der Waals surface area (Å²) in [4.78, 5) is 12.5. The Morgan fingerprint density at radius 3 is 2.50 bits per heavy atom. The van der Waals surface area contributed by atoms with Crippen molar-refractivity contribution in [1.29, 1.82) is 0 Å². The number of anilines is 1. The van der Waals surface area contributed by atoms with Crippen LogP contribution in [0.1, 0.15) is 12.5 Å². The third-order valence-corrected chi connectivity index (χ3v) is 4.04. The van der Waals surface area contributed by atoms with Crippen molar-refractivity contribution < 1.29 is 14.3 Å². The summed E-state index contributed by atoms with van der Waals surface area (Å²) in [7, 11) is 0. The van der Waals surface area contributed by atoms with Crippen molar-refractivity contribution in [1.82, 2.24) is 0 Å². The van der Waals surface area contributed by atoms with E-state index in [-0.39, 0.29) is 12.0 Å². The van der Waals surface area contributed by atoms with Crippen LogP contribution in [0.5, 0.6) is 11.5 Å². The lowest BCUT2D eigenvalue weighted by molar-refractivity contribution is -0.128. The number of benzene rings is 2. The number of fused-ring (bicyclic) bond motifs is 1. The monoisotopic (exact) mass is 317 g/mol. The highest BCUT2D eigenvalue weighted by Crippen LogP contribution is 2.34. The summed E-state index contributed by atoms with van der Waals surface area (Å²) in [5, 5.41) is 3.46. The van der Waals surface area contributed by atoms with E-state index in [2.05, 4.69) is 5.32 Å². The average molecular weight is 318 g/mol. The van der Waals surface area contributed by atoms with Crippen molar-refractivity contribution in [3.8, 4) is 11.5 Å². The Morgan fingerprint density at radius 2 is 1.77 bits per heavy atom. The Bertz CT molecular complexity index is 717. The molecule has 0 spiro atoms. The van der Waals surface area contributed by atoms with Crippen LogP contribution >= 0.6 is 11.6 Å². The standard InChI is InChI=1S/C17H16ClNO3/c1-10-12(18)6-5-7-13(10)19-17(20)16-11(2)21-14-8-3-4-9-15(14)22-16/h3-9,11,16H,1-2H3,(H,19,20). The van der Waals surface area contributed by atoms with Crippen molar-refractivity contribution in [2.45, 2.75) is 26.1 Å². The molecule has 1 heterocycles. The lowest BCUT2D eigenvalue weighted by Crippen LogP contribution is -2.46. The van der Waals surface area contributed by atoms with Crippen LogP contribution < -0.4 is 14.8 Å². The number of hydrogen-bond acceptors (Lipinski definition) is 3. The van der Waals surface area contributed by atoms with E-state index in [0.717, 1.165) is 5.56 Å². The maximum atomic E-state index is 12.5. The maximum absolute atomic E-state index is 12.5. The van der Waals surface area contributed by atoms with E-state index in [0.29, 0.717) is 22.2 Å². The molecule has 5 heteroatoms. The summed E-state index contributed by atoms with van der Waals surface area (Å²) in [5.41, 5.74) is 1.49. The normalized spacial score (nSPS) is 19.6. The molecule has 1 amide bonds. The second-order valence-electron chi connectivity index (χ2n) is 5.21. The molecule has 1 aliphatic heterocycles. The Kier molecular flexibility index (Phi) is 3.94. The molecule has 0 bridgehead atoms. The van der Waals surface area contributed by atoms with Crippen molar-refractivity contribution in [3.05, 3.63) is 53.1 Å². The van der Waals surface area contributed by atoms with Gasteiger partial charge in [0.05, 0.1) is 0 Å². The Morgan fingerprint density at radius 1 is 1.09 bits per heavy atom. The van der Waals surface area contributed by atoms with Crippen molar-refractivity contribution in [2.75, 3.05) is 5.32 Å². The number of nitrogens with one attached hydrogen (secondary N) is 1. The highest BCUT2D eigenvalue weighted by molar-refractivity contribution is 6.31. The van der Waals surface area contributed by atoms with Gasteiger partial charge in [-0.2, -0.15) is 0 Å². The van der Waals surface area contributed by atoms with Gasteiger partial charge in [0.15, 0.2) is 11.5 Å². The van der Waals surface area contributed by atoms with E-state index in [9.17, 15) is 4.79 Å². The summed E-state index contributed by atoms with van der Waals surface area (Å²) in [5.74, 6) is 0.967. The summed E-state index contributed by atoms with van der Waals surface area (Å²) in [6.45, 7) is 3.67. The van der Waals surface area contributed by atoms with Crippen LogP contribution in [0, 0.1) is 6.92 Å². The first kappa shape index (κ1) is 14.7. The zero-order valence-corrected chi connectivity index (χ0v) is 13.1. The van der Waals surface area contributed by atoms with Gasteiger partial charge in [0, 0.05) is 10.7 Å². The van der Waals surface area contributed by atoms with Gasteiger partial charge in [-0.1, -0.05) is 29.8 Å². The summed E-state index contributed by atoms with van der Waals surface area (Å²) >= 11 is 6.07. The van der Waals surface area contributed by atoms with Crippen LogP contribution in [0.15, 0.2) is 42.5 Å². The van der Waals surface area contributed by atoms with Gasteiger partial charge in [-0.15, -0.1) is 0 Å². The zero-order valence-electron chi connectivity index (χ0n) is 12.3. The predicted octanol–water partition coefficient (Wildman–Crippen LogP) is 3.82. The molecule has 4 nitrogen and oxygen atoms in total. The van der Waals surface area contributed by atoms with Crippen molar-refractivity contribution in [3.63, 3.8) is 0 Å². The van der Waals surface area contributed by atoms with E-state index >= 15 is 0 Å². The lowest BCUT2D eigenvalue weighted by atomic mass is 10.1. The van der Waals surface area contributed by atoms with E-state index in [4.69, 9.17) is 21.1 Å². The van der Waals surface area contributed by atoms with Gasteiger partial charge in [0.1, 0.15) is 6.10 Å². The molecule has 2 aromatic rings. The highest BCUT2D eigenvalue weighted by Gasteiger charge is 2.34. The SMILES string of the molecule is Cc1c(Cl)cccc1NC(=O)C1Oc2ccccc2OC1C. The summed E-state index contributed by atoms with van der Waals surface area (Å²) in [6.07, 6.45) is -1.09. The molecule has 22 heavy (non-hydrogen) atoms. The minimum atomic E-state index is -0.715. The molecule has 0 fully saturated rings. The zero-order chi connectivity index (χ0) is 15.7.